The predicted octanol–water partition coefficient (Wildman–Crippen LogP) is 3.29. The molecule has 1 aliphatic rings. The van der Waals surface area contributed by atoms with Crippen molar-refractivity contribution in [3.05, 3.63) is 66.9 Å². The van der Waals surface area contributed by atoms with Crippen molar-refractivity contribution in [3.8, 4) is 11.4 Å². The zero-order valence-corrected chi connectivity index (χ0v) is 16.6. The maximum Gasteiger partial charge on any atom is 0.168 e. The monoisotopic (exact) mass is 404 g/mol. The van der Waals surface area contributed by atoms with Gasteiger partial charge in [0.25, 0.3) is 0 Å². The molecular formula is C22H21FN6O. The van der Waals surface area contributed by atoms with Crippen LogP contribution in [-0.4, -0.2) is 53.0 Å². The molecule has 2 aromatic carbocycles. The fourth-order valence-corrected chi connectivity index (χ4v) is 3.91. The molecule has 152 valence electrons. The molecule has 8 heteroatoms. The van der Waals surface area contributed by atoms with Crippen molar-refractivity contribution in [2.24, 2.45) is 0 Å². The van der Waals surface area contributed by atoms with E-state index < -0.39 is 0 Å². The summed E-state index contributed by atoms with van der Waals surface area (Å²) in [4.78, 5) is 13.5. The third-order valence-electron chi connectivity index (χ3n) is 5.42. The first kappa shape index (κ1) is 18.4. The number of anilines is 2. The highest BCUT2D eigenvalue weighted by Crippen LogP contribution is 2.30. The summed E-state index contributed by atoms with van der Waals surface area (Å²) in [6, 6.07) is 14.3. The molecule has 0 N–H and O–H groups in total. The van der Waals surface area contributed by atoms with Crippen LogP contribution >= 0.6 is 0 Å². The number of rotatable bonds is 4. The first-order valence-corrected chi connectivity index (χ1v) is 9.82. The number of hydrogen-bond acceptors (Lipinski definition) is 6. The van der Waals surface area contributed by atoms with Crippen LogP contribution in [0.4, 0.5) is 15.9 Å². The van der Waals surface area contributed by atoms with E-state index in [-0.39, 0.29) is 5.82 Å². The first-order chi connectivity index (χ1) is 14.7. The Balaban J connectivity index is 1.40. The van der Waals surface area contributed by atoms with Crippen LogP contribution in [0.1, 0.15) is 0 Å². The second-order valence-corrected chi connectivity index (χ2v) is 7.11. The van der Waals surface area contributed by atoms with Gasteiger partial charge in [-0.15, -0.1) is 0 Å². The van der Waals surface area contributed by atoms with E-state index in [9.17, 15) is 4.39 Å². The Morgan fingerprint density at radius 1 is 0.900 bits per heavy atom. The average Bonchev–Trinajstić information content (AvgIpc) is 3.24. The molecular weight excluding hydrogens is 383 g/mol. The standard InChI is InChI=1S/C22H21FN6O/c1-30-20-5-3-2-4-19(20)27-10-12-28(13-11-27)21-18-14-26-29(22(18)25-15-24-21)17-8-6-16(23)7-9-17/h2-9,14-15H,10-13H2,1H3. The fourth-order valence-electron chi connectivity index (χ4n) is 3.91. The van der Waals surface area contributed by atoms with Crippen LogP contribution < -0.4 is 14.5 Å². The topological polar surface area (TPSA) is 59.3 Å². The van der Waals surface area contributed by atoms with E-state index in [1.807, 2.05) is 18.2 Å². The minimum Gasteiger partial charge on any atom is -0.495 e. The van der Waals surface area contributed by atoms with E-state index >= 15 is 0 Å². The first-order valence-electron chi connectivity index (χ1n) is 9.82. The van der Waals surface area contributed by atoms with E-state index in [1.54, 1.807) is 36.4 Å². The lowest BCUT2D eigenvalue weighted by Crippen LogP contribution is -2.47. The van der Waals surface area contributed by atoms with Gasteiger partial charge in [0, 0.05) is 26.2 Å². The fraction of sp³-hybridized carbons (Fsp3) is 0.227. The summed E-state index contributed by atoms with van der Waals surface area (Å²) < 4.78 is 20.5. The molecule has 5 rings (SSSR count). The number of benzene rings is 2. The van der Waals surface area contributed by atoms with Crippen molar-refractivity contribution in [2.45, 2.75) is 0 Å². The van der Waals surface area contributed by atoms with Crippen molar-refractivity contribution >= 4 is 22.5 Å². The van der Waals surface area contributed by atoms with Crippen LogP contribution in [-0.2, 0) is 0 Å². The van der Waals surface area contributed by atoms with E-state index in [0.717, 1.165) is 54.5 Å². The summed E-state index contributed by atoms with van der Waals surface area (Å²) in [5, 5.41) is 5.36. The van der Waals surface area contributed by atoms with Crippen molar-refractivity contribution in [1.82, 2.24) is 19.7 Å². The summed E-state index contributed by atoms with van der Waals surface area (Å²) in [6.07, 6.45) is 3.34. The number of fused-ring (bicyclic) bond motifs is 1. The minimum atomic E-state index is -0.279. The van der Waals surface area contributed by atoms with Crippen molar-refractivity contribution in [2.75, 3.05) is 43.1 Å². The number of hydrogen-bond donors (Lipinski definition) is 0. The molecule has 0 radical (unpaired) electrons. The maximum atomic E-state index is 13.3. The SMILES string of the molecule is COc1ccccc1N1CCN(c2ncnc3c2cnn3-c2ccc(F)cc2)CC1. The second kappa shape index (κ2) is 7.62. The van der Waals surface area contributed by atoms with Gasteiger partial charge in [-0.25, -0.2) is 19.0 Å². The molecule has 0 amide bonds. The minimum absolute atomic E-state index is 0.279. The number of piperazine rings is 1. The van der Waals surface area contributed by atoms with Crippen LogP contribution in [0.2, 0.25) is 0 Å². The van der Waals surface area contributed by atoms with Crippen LogP contribution in [0, 0.1) is 5.82 Å². The molecule has 0 atom stereocenters. The number of nitrogens with zero attached hydrogens (tertiary/aromatic N) is 6. The summed E-state index contributed by atoms with van der Waals surface area (Å²) >= 11 is 0. The van der Waals surface area contributed by atoms with E-state index in [2.05, 4.69) is 30.9 Å². The van der Waals surface area contributed by atoms with Gasteiger partial charge in [-0.05, 0) is 36.4 Å². The molecule has 1 saturated heterocycles. The van der Waals surface area contributed by atoms with Crippen molar-refractivity contribution in [3.63, 3.8) is 0 Å². The highest BCUT2D eigenvalue weighted by molar-refractivity contribution is 5.87. The van der Waals surface area contributed by atoms with Gasteiger partial charge in [0.15, 0.2) is 5.65 Å². The van der Waals surface area contributed by atoms with Gasteiger partial charge in [0.2, 0.25) is 0 Å². The normalized spacial score (nSPS) is 14.3. The molecule has 0 spiro atoms. The molecule has 0 bridgehead atoms. The Bertz CT molecular complexity index is 1170. The van der Waals surface area contributed by atoms with Gasteiger partial charge < -0.3 is 14.5 Å². The second-order valence-electron chi connectivity index (χ2n) is 7.11. The van der Waals surface area contributed by atoms with Crippen LogP contribution in [0.25, 0.3) is 16.7 Å². The summed E-state index contributed by atoms with van der Waals surface area (Å²) in [5.41, 5.74) is 2.58. The Morgan fingerprint density at radius 2 is 1.63 bits per heavy atom. The lowest BCUT2D eigenvalue weighted by Gasteiger charge is -2.37. The summed E-state index contributed by atoms with van der Waals surface area (Å²) in [5.74, 6) is 1.47. The molecule has 0 aliphatic carbocycles. The zero-order valence-electron chi connectivity index (χ0n) is 16.6. The third kappa shape index (κ3) is 3.20. The summed E-state index contributed by atoms with van der Waals surface area (Å²) in [6.45, 7) is 3.37. The zero-order chi connectivity index (χ0) is 20.5. The lowest BCUT2D eigenvalue weighted by molar-refractivity contribution is 0.413. The van der Waals surface area contributed by atoms with E-state index in [0.29, 0.717) is 5.65 Å². The van der Waals surface area contributed by atoms with Gasteiger partial charge in [-0.1, -0.05) is 12.1 Å². The van der Waals surface area contributed by atoms with E-state index in [4.69, 9.17) is 4.74 Å². The van der Waals surface area contributed by atoms with Crippen molar-refractivity contribution < 1.29 is 9.13 Å². The molecule has 7 nitrogen and oxygen atoms in total. The molecule has 0 saturated carbocycles. The molecule has 3 heterocycles. The van der Waals surface area contributed by atoms with Gasteiger partial charge in [-0.2, -0.15) is 5.10 Å². The van der Waals surface area contributed by atoms with Gasteiger partial charge in [-0.3, -0.25) is 0 Å². The number of methoxy groups -OCH3 is 1. The smallest absolute Gasteiger partial charge is 0.168 e. The van der Waals surface area contributed by atoms with Gasteiger partial charge in [0.05, 0.1) is 30.1 Å². The quantitative estimate of drug-likeness (QED) is 0.520. The predicted molar refractivity (Wildman–Crippen MR) is 114 cm³/mol. The van der Waals surface area contributed by atoms with Crippen LogP contribution in [0.5, 0.6) is 5.75 Å². The highest BCUT2D eigenvalue weighted by Gasteiger charge is 2.23. The van der Waals surface area contributed by atoms with Crippen LogP contribution in [0.15, 0.2) is 61.1 Å². The van der Waals surface area contributed by atoms with Gasteiger partial charge >= 0.3 is 0 Å². The number of ether oxygens (including phenoxy) is 1. The molecule has 1 aliphatic heterocycles. The molecule has 4 aromatic rings. The van der Waals surface area contributed by atoms with Crippen LogP contribution in [0.3, 0.4) is 0 Å². The Morgan fingerprint density at radius 3 is 2.40 bits per heavy atom. The number of para-hydroxylation sites is 2. The largest absolute Gasteiger partial charge is 0.495 e. The summed E-state index contributed by atoms with van der Waals surface area (Å²) in [7, 11) is 1.70. The molecule has 1 fully saturated rings. The maximum absolute atomic E-state index is 13.3. The molecule has 0 unspecified atom stereocenters. The Labute approximate surface area is 173 Å². The number of halogens is 1. The van der Waals surface area contributed by atoms with E-state index in [1.165, 1.54) is 12.1 Å². The highest BCUT2D eigenvalue weighted by atomic mass is 19.1. The average molecular weight is 404 g/mol. The third-order valence-corrected chi connectivity index (χ3v) is 5.42. The molecule has 2 aromatic heterocycles. The lowest BCUT2D eigenvalue weighted by atomic mass is 10.2. The Kier molecular flexibility index (Phi) is 4.66. The molecule has 30 heavy (non-hydrogen) atoms. The Hall–Kier alpha value is -3.68. The number of aromatic nitrogens is 4. The van der Waals surface area contributed by atoms with Crippen molar-refractivity contribution in [1.29, 1.82) is 0 Å². The van der Waals surface area contributed by atoms with Gasteiger partial charge in [0.1, 0.15) is 23.7 Å².